The van der Waals surface area contributed by atoms with Crippen molar-refractivity contribution >= 4 is 35.1 Å². The number of halogens is 3. The van der Waals surface area contributed by atoms with E-state index < -0.39 is 23.7 Å². The standard InChI is InChI=1S/C25H24F3N5O3/c26-25(27,28)18-10-11-21(31-15-18)33-24(36)23(30-13-14-34)17-8-5-16(6-9-17)7-12-22(35)32-20-4-2-1-3-19(20)29/h1-12,15,23,30,34H,13-14,29H2,(H,32,35)(H,31,33,36)/b12-7+. The van der Waals surface area contributed by atoms with Gasteiger partial charge in [0.25, 0.3) is 0 Å². The van der Waals surface area contributed by atoms with Gasteiger partial charge in [0.15, 0.2) is 0 Å². The molecule has 2 amide bonds. The Kier molecular flexibility index (Phi) is 8.76. The zero-order valence-electron chi connectivity index (χ0n) is 18.9. The van der Waals surface area contributed by atoms with E-state index >= 15 is 0 Å². The van der Waals surface area contributed by atoms with Crippen molar-refractivity contribution in [2.75, 3.05) is 29.5 Å². The van der Waals surface area contributed by atoms with Crippen molar-refractivity contribution in [2.45, 2.75) is 12.2 Å². The first-order valence-electron chi connectivity index (χ1n) is 10.8. The first kappa shape index (κ1) is 26.4. The lowest BCUT2D eigenvalue weighted by molar-refractivity contribution is -0.137. The Bertz CT molecular complexity index is 1210. The van der Waals surface area contributed by atoms with Crippen LogP contribution >= 0.6 is 0 Å². The molecule has 2 aromatic carbocycles. The number of alkyl halides is 3. The Hall–Kier alpha value is -4.22. The number of carbonyl (C=O) groups excluding carboxylic acids is 2. The highest BCUT2D eigenvalue weighted by Gasteiger charge is 2.31. The van der Waals surface area contributed by atoms with E-state index in [-0.39, 0.29) is 24.9 Å². The van der Waals surface area contributed by atoms with Crippen molar-refractivity contribution in [2.24, 2.45) is 0 Å². The molecule has 11 heteroatoms. The van der Waals surface area contributed by atoms with E-state index in [4.69, 9.17) is 10.8 Å². The Morgan fingerprint density at radius 2 is 1.75 bits per heavy atom. The smallest absolute Gasteiger partial charge is 0.397 e. The Morgan fingerprint density at radius 3 is 2.36 bits per heavy atom. The van der Waals surface area contributed by atoms with E-state index in [0.29, 0.717) is 28.7 Å². The lowest BCUT2D eigenvalue weighted by Crippen LogP contribution is -2.34. The number of rotatable bonds is 9. The van der Waals surface area contributed by atoms with Crippen molar-refractivity contribution in [3.05, 3.63) is 89.6 Å². The van der Waals surface area contributed by atoms with Gasteiger partial charge in [-0.25, -0.2) is 4.98 Å². The molecule has 0 spiro atoms. The molecule has 0 aliphatic carbocycles. The Labute approximate surface area is 205 Å². The second-order valence-electron chi connectivity index (χ2n) is 7.61. The maximum Gasteiger partial charge on any atom is 0.417 e. The van der Waals surface area contributed by atoms with E-state index in [1.54, 1.807) is 54.6 Å². The fraction of sp³-hybridized carbons (Fsp3) is 0.160. The summed E-state index contributed by atoms with van der Waals surface area (Å²) in [4.78, 5) is 28.6. The molecular formula is C25H24F3N5O3. The summed E-state index contributed by atoms with van der Waals surface area (Å²) in [5.74, 6) is -0.991. The van der Waals surface area contributed by atoms with Gasteiger partial charge in [-0.05, 0) is 41.5 Å². The first-order valence-corrected chi connectivity index (χ1v) is 10.8. The van der Waals surface area contributed by atoms with E-state index in [9.17, 15) is 22.8 Å². The molecule has 188 valence electrons. The fourth-order valence-corrected chi connectivity index (χ4v) is 3.16. The Balaban J connectivity index is 1.67. The van der Waals surface area contributed by atoms with Crippen LogP contribution in [-0.4, -0.2) is 35.1 Å². The summed E-state index contributed by atoms with van der Waals surface area (Å²) < 4.78 is 38.2. The van der Waals surface area contributed by atoms with Crippen LogP contribution in [-0.2, 0) is 15.8 Å². The molecule has 0 aliphatic rings. The normalized spacial score (nSPS) is 12.3. The molecule has 3 rings (SSSR count). The number of amides is 2. The molecular weight excluding hydrogens is 475 g/mol. The van der Waals surface area contributed by atoms with Gasteiger partial charge in [0.2, 0.25) is 11.8 Å². The molecule has 0 saturated carbocycles. The van der Waals surface area contributed by atoms with Crippen LogP contribution < -0.4 is 21.7 Å². The monoisotopic (exact) mass is 499 g/mol. The number of pyridine rings is 1. The largest absolute Gasteiger partial charge is 0.417 e. The third-order valence-corrected chi connectivity index (χ3v) is 4.98. The van der Waals surface area contributed by atoms with Crippen LogP contribution in [0.3, 0.4) is 0 Å². The number of aliphatic hydroxyl groups is 1. The van der Waals surface area contributed by atoms with Crippen LogP contribution in [0.25, 0.3) is 6.08 Å². The first-order chi connectivity index (χ1) is 17.2. The molecule has 1 aromatic heterocycles. The van der Waals surface area contributed by atoms with Crippen molar-refractivity contribution in [3.63, 3.8) is 0 Å². The lowest BCUT2D eigenvalue weighted by atomic mass is 10.0. The minimum absolute atomic E-state index is 0.0478. The van der Waals surface area contributed by atoms with Gasteiger partial charge in [0, 0.05) is 18.8 Å². The minimum Gasteiger partial charge on any atom is -0.397 e. The van der Waals surface area contributed by atoms with Crippen LogP contribution in [0, 0.1) is 0 Å². The van der Waals surface area contributed by atoms with Gasteiger partial charge < -0.3 is 21.5 Å². The third kappa shape index (κ3) is 7.39. The van der Waals surface area contributed by atoms with Crippen LogP contribution in [0.15, 0.2) is 72.9 Å². The van der Waals surface area contributed by atoms with E-state index in [2.05, 4.69) is 20.9 Å². The van der Waals surface area contributed by atoms with E-state index in [1.165, 1.54) is 6.08 Å². The molecule has 0 aliphatic heterocycles. The highest BCUT2D eigenvalue weighted by Crippen LogP contribution is 2.29. The molecule has 1 atom stereocenters. The van der Waals surface area contributed by atoms with Gasteiger partial charge in [-0.2, -0.15) is 13.2 Å². The number of hydrogen-bond donors (Lipinski definition) is 5. The molecule has 0 radical (unpaired) electrons. The topological polar surface area (TPSA) is 129 Å². The zero-order chi connectivity index (χ0) is 26.1. The average Bonchev–Trinajstić information content (AvgIpc) is 2.85. The molecule has 36 heavy (non-hydrogen) atoms. The molecule has 6 N–H and O–H groups in total. The predicted molar refractivity (Wildman–Crippen MR) is 131 cm³/mol. The molecule has 1 heterocycles. The average molecular weight is 499 g/mol. The molecule has 0 bridgehead atoms. The summed E-state index contributed by atoms with van der Waals surface area (Å²) >= 11 is 0. The molecule has 8 nitrogen and oxygen atoms in total. The summed E-state index contributed by atoms with van der Waals surface area (Å²) in [5, 5.41) is 17.2. The molecule has 0 fully saturated rings. The van der Waals surface area contributed by atoms with Gasteiger partial charge in [0.1, 0.15) is 11.9 Å². The maximum absolute atomic E-state index is 12.8. The quantitative estimate of drug-likeness (QED) is 0.226. The van der Waals surface area contributed by atoms with Gasteiger partial charge in [-0.1, -0.05) is 36.4 Å². The highest BCUT2D eigenvalue weighted by atomic mass is 19.4. The number of nitrogens with one attached hydrogen (secondary N) is 3. The number of carbonyl (C=O) groups is 2. The number of nitrogen functional groups attached to an aromatic ring is 1. The maximum atomic E-state index is 12.8. The van der Waals surface area contributed by atoms with Gasteiger partial charge in [-0.3, -0.25) is 14.9 Å². The van der Waals surface area contributed by atoms with Gasteiger partial charge in [0.05, 0.1) is 23.5 Å². The van der Waals surface area contributed by atoms with Crippen LogP contribution in [0.5, 0.6) is 0 Å². The van der Waals surface area contributed by atoms with Gasteiger partial charge >= 0.3 is 6.18 Å². The summed E-state index contributed by atoms with van der Waals surface area (Å²) in [7, 11) is 0. The highest BCUT2D eigenvalue weighted by molar-refractivity contribution is 6.03. The second kappa shape index (κ2) is 12.0. The number of nitrogens with two attached hydrogens (primary N) is 1. The van der Waals surface area contributed by atoms with Crippen LogP contribution in [0.1, 0.15) is 22.7 Å². The molecule has 0 saturated heterocycles. The number of anilines is 3. The number of benzene rings is 2. The minimum atomic E-state index is -4.54. The molecule has 1 unspecified atom stereocenters. The summed E-state index contributed by atoms with van der Waals surface area (Å²) in [6, 6.07) is 14.5. The van der Waals surface area contributed by atoms with Crippen LogP contribution in [0.2, 0.25) is 0 Å². The lowest BCUT2D eigenvalue weighted by Gasteiger charge is -2.18. The zero-order valence-corrected chi connectivity index (χ0v) is 18.9. The molecule has 3 aromatic rings. The Morgan fingerprint density at radius 1 is 1.03 bits per heavy atom. The number of para-hydroxylation sites is 2. The summed E-state index contributed by atoms with van der Waals surface area (Å²) in [6.07, 6.45) is -0.978. The second-order valence-corrected chi connectivity index (χ2v) is 7.61. The number of aromatic nitrogens is 1. The van der Waals surface area contributed by atoms with Crippen molar-refractivity contribution < 1.29 is 27.9 Å². The van der Waals surface area contributed by atoms with E-state index in [1.807, 2.05) is 0 Å². The van der Waals surface area contributed by atoms with Crippen molar-refractivity contribution in [3.8, 4) is 0 Å². The summed E-state index contributed by atoms with van der Waals surface area (Å²) in [6.45, 7) is -0.132. The van der Waals surface area contributed by atoms with Crippen LogP contribution in [0.4, 0.5) is 30.4 Å². The van der Waals surface area contributed by atoms with E-state index in [0.717, 1.165) is 12.1 Å². The number of nitrogens with zero attached hydrogens (tertiary/aromatic N) is 1. The SMILES string of the molecule is Nc1ccccc1NC(=O)/C=C/c1ccc(C(NCCO)C(=O)Nc2ccc(C(F)(F)F)cn2)cc1. The fourth-order valence-electron chi connectivity index (χ4n) is 3.16. The number of aliphatic hydroxyl groups excluding tert-OH is 1. The summed E-state index contributed by atoms with van der Waals surface area (Å²) in [5.41, 5.74) is 7.03. The van der Waals surface area contributed by atoms with Gasteiger partial charge in [-0.15, -0.1) is 0 Å². The number of hydrogen-bond acceptors (Lipinski definition) is 6. The van der Waals surface area contributed by atoms with Crippen molar-refractivity contribution in [1.29, 1.82) is 0 Å². The van der Waals surface area contributed by atoms with Crippen molar-refractivity contribution in [1.82, 2.24) is 10.3 Å². The predicted octanol–water partition coefficient (Wildman–Crippen LogP) is 3.60. The third-order valence-electron chi connectivity index (χ3n) is 4.98.